The van der Waals surface area contributed by atoms with Crippen LogP contribution in [0.3, 0.4) is 0 Å². The van der Waals surface area contributed by atoms with Crippen LogP contribution in [0.5, 0.6) is 5.75 Å². The fourth-order valence-electron chi connectivity index (χ4n) is 3.05. The van der Waals surface area contributed by atoms with E-state index in [4.69, 9.17) is 10.5 Å². The summed E-state index contributed by atoms with van der Waals surface area (Å²) < 4.78 is 5.45. The van der Waals surface area contributed by atoms with Crippen LogP contribution in [0.1, 0.15) is 28.8 Å². The van der Waals surface area contributed by atoms with Gasteiger partial charge in [0.2, 0.25) is 5.91 Å². The molecule has 0 radical (unpaired) electrons. The number of fused-ring (bicyclic) bond motifs is 1. The van der Waals surface area contributed by atoms with Crippen molar-refractivity contribution < 1.29 is 14.3 Å². The lowest BCUT2D eigenvalue weighted by Gasteiger charge is -2.31. The summed E-state index contributed by atoms with van der Waals surface area (Å²) in [4.78, 5) is 25.3. The number of nitrogens with one attached hydrogen (secondary N) is 1. The van der Waals surface area contributed by atoms with E-state index in [0.29, 0.717) is 18.7 Å². The van der Waals surface area contributed by atoms with Gasteiger partial charge < -0.3 is 15.8 Å². The number of carbonyl (C=O) groups excluding carboxylic acids is 2. The molecule has 1 aromatic carbocycles. The Balaban J connectivity index is 1.53. The first kappa shape index (κ1) is 14.8. The second-order valence-electron chi connectivity index (χ2n) is 5.91. The molecule has 6 nitrogen and oxygen atoms in total. The van der Waals surface area contributed by atoms with E-state index in [1.54, 1.807) is 0 Å². The number of piperidine rings is 1. The molecular formula is C16H21N3O3. The van der Waals surface area contributed by atoms with Crippen molar-refractivity contribution in [1.29, 1.82) is 0 Å². The minimum Gasteiger partial charge on any atom is -0.493 e. The molecule has 1 fully saturated rings. The van der Waals surface area contributed by atoms with Gasteiger partial charge in [0.1, 0.15) is 5.75 Å². The van der Waals surface area contributed by atoms with Gasteiger partial charge in [-0.05, 0) is 36.6 Å². The molecule has 22 heavy (non-hydrogen) atoms. The van der Waals surface area contributed by atoms with E-state index in [1.165, 1.54) is 0 Å². The second kappa shape index (κ2) is 6.36. The van der Waals surface area contributed by atoms with E-state index in [9.17, 15) is 9.59 Å². The van der Waals surface area contributed by atoms with E-state index >= 15 is 0 Å². The molecule has 0 bridgehead atoms. The lowest BCUT2D eigenvalue weighted by molar-refractivity contribution is -0.119. The molecule has 0 atom stereocenters. The van der Waals surface area contributed by atoms with Crippen LogP contribution in [-0.2, 0) is 11.2 Å². The lowest BCUT2D eigenvalue weighted by Crippen LogP contribution is -2.46. The van der Waals surface area contributed by atoms with Crippen molar-refractivity contribution in [2.75, 3.05) is 26.2 Å². The highest BCUT2D eigenvalue weighted by atomic mass is 16.5. The van der Waals surface area contributed by atoms with Crippen molar-refractivity contribution in [2.45, 2.75) is 25.3 Å². The molecule has 0 unspecified atom stereocenters. The van der Waals surface area contributed by atoms with Gasteiger partial charge in [0, 0.05) is 31.1 Å². The monoisotopic (exact) mass is 303 g/mol. The molecule has 3 N–H and O–H groups in total. The molecule has 1 saturated heterocycles. The van der Waals surface area contributed by atoms with E-state index < -0.39 is 0 Å². The van der Waals surface area contributed by atoms with Crippen LogP contribution >= 0.6 is 0 Å². The summed E-state index contributed by atoms with van der Waals surface area (Å²) in [6.45, 7) is 2.56. The summed E-state index contributed by atoms with van der Waals surface area (Å²) in [6, 6.07) is 5.75. The number of rotatable bonds is 4. The Morgan fingerprint density at radius 3 is 2.82 bits per heavy atom. The molecule has 1 aromatic rings. The van der Waals surface area contributed by atoms with Gasteiger partial charge in [-0.25, -0.2) is 0 Å². The first-order valence-corrected chi connectivity index (χ1v) is 7.69. The van der Waals surface area contributed by atoms with Gasteiger partial charge >= 0.3 is 0 Å². The summed E-state index contributed by atoms with van der Waals surface area (Å²) in [7, 11) is 0. The van der Waals surface area contributed by atoms with Crippen LogP contribution < -0.4 is 15.8 Å². The highest BCUT2D eigenvalue weighted by Crippen LogP contribution is 2.26. The van der Waals surface area contributed by atoms with Crippen molar-refractivity contribution in [3.8, 4) is 5.75 Å². The fourth-order valence-corrected chi connectivity index (χ4v) is 3.05. The van der Waals surface area contributed by atoms with Gasteiger partial charge in [0.25, 0.3) is 5.91 Å². The maximum absolute atomic E-state index is 12.3. The Labute approximate surface area is 129 Å². The average Bonchev–Trinajstić information content (AvgIpc) is 2.96. The fraction of sp³-hybridized carbons (Fsp3) is 0.500. The predicted octanol–water partition coefficient (Wildman–Crippen LogP) is 0.301. The van der Waals surface area contributed by atoms with Crippen molar-refractivity contribution in [1.82, 2.24) is 10.2 Å². The van der Waals surface area contributed by atoms with Crippen molar-refractivity contribution in [2.24, 2.45) is 5.73 Å². The topological polar surface area (TPSA) is 84.7 Å². The van der Waals surface area contributed by atoms with E-state index in [2.05, 4.69) is 5.32 Å². The summed E-state index contributed by atoms with van der Waals surface area (Å²) in [5, 5.41) is 3.08. The van der Waals surface area contributed by atoms with Gasteiger partial charge in [0.15, 0.2) is 0 Å². The van der Waals surface area contributed by atoms with Crippen LogP contribution in [0, 0.1) is 0 Å². The Morgan fingerprint density at radius 2 is 2.09 bits per heavy atom. The number of carbonyl (C=O) groups is 2. The molecule has 0 saturated carbocycles. The highest BCUT2D eigenvalue weighted by Gasteiger charge is 2.22. The van der Waals surface area contributed by atoms with Crippen LogP contribution in [-0.4, -0.2) is 49.0 Å². The highest BCUT2D eigenvalue weighted by molar-refractivity contribution is 5.94. The largest absolute Gasteiger partial charge is 0.493 e. The molecule has 0 aliphatic carbocycles. The van der Waals surface area contributed by atoms with Crippen molar-refractivity contribution >= 4 is 11.8 Å². The first-order chi connectivity index (χ1) is 10.6. The number of hydrogen-bond donors (Lipinski definition) is 2. The van der Waals surface area contributed by atoms with Crippen LogP contribution in [0.2, 0.25) is 0 Å². The number of nitrogens with two attached hydrogens (primary N) is 1. The molecule has 3 rings (SSSR count). The van der Waals surface area contributed by atoms with Crippen molar-refractivity contribution in [3.63, 3.8) is 0 Å². The van der Waals surface area contributed by atoms with Crippen LogP contribution in [0.25, 0.3) is 0 Å². The summed E-state index contributed by atoms with van der Waals surface area (Å²) in [5.74, 6) is 0.544. The molecule has 2 aliphatic heterocycles. The number of ether oxygens (including phenoxy) is 1. The number of benzene rings is 1. The normalized spacial score (nSPS) is 18.5. The molecule has 118 valence electrons. The zero-order valence-corrected chi connectivity index (χ0v) is 12.5. The van der Waals surface area contributed by atoms with E-state index in [-0.39, 0.29) is 17.9 Å². The standard InChI is InChI=1S/C16H21N3O3/c17-15(20)10-19-6-3-13(4-7-19)18-16(21)12-1-2-14-11(9-12)5-8-22-14/h1-2,9,13H,3-8,10H2,(H2,17,20)(H,18,21). The molecule has 0 aromatic heterocycles. The Kier molecular flexibility index (Phi) is 4.29. The minimum atomic E-state index is -0.303. The summed E-state index contributed by atoms with van der Waals surface area (Å²) in [6.07, 6.45) is 2.54. The zero-order chi connectivity index (χ0) is 15.5. The Bertz CT molecular complexity index is 580. The second-order valence-corrected chi connectivity index (χ2v) is 5.91. The predicted molar refractivity (Wildman–Crippen MR) is 81.8 cm³/mol. The molecular weight excluding hydrogens is 282 g/mol. The summed E-state index contributed by atoms with van der Waals surface area (Å²) in [5.41, 5.74) is 6.98. The SMILES string of the molecule is NC(=O)CN1CCC(NC(=O)c2ccc3c(c2)CCO3)CC1. The summed E-state index contributed by atoms with van der Waals surface area (Å²) >= 11 is 0. The quantitative estimate of drug-likeness (QED) is 0.838. The number of primary amides is 1. The minimum absolute atomic E-state index is 0.0388. The van der Waals surface area contributed by atoms with Gasteiger partial charge in [-0.1, -0.05) is 0 Å². The maximum atomic E-state index is 12.3. The number of likely N-dealkylation sites (tertiary alicyclic amines) is 1. The third-order valence-electron chi connectivity index (χ3n) is 4.25. The van der Waals surface area contributed by atoms with Crippen LogP contribution in [0.15, 0.2) is 18.2 Å². The Morgan fingerprint density at radius 1 is 1.32 bits per heavy atom. The molecule has 0 spiro atoms. The molecule has 2 aliphatic rings. The number of nitrogens with zero attached hydrogens (tertiary/aromatic N) is 1. The van der Waals surface area contributed by atoms with Gasteiger partial charge in [-0.2, -0.15) is 0 Å². The number of hydrogen-bond acceptors (Lipinski definition) is 4. The number of amides is 2. The van der Waals surface area contributed by atoms with Gasteiger partial charge in [-0.15, -0.1) is 0 Å². The molecule has 6 heteroatoms. The lowest BCUT2D eigenvalue weighted by atomic mass is 10.0. The molecule has 2 heterocycles. The van der Waals surface area contributed by atoms with Gasteiger partial charge in [0.05, 0.1) is 13.2 Å². The smallest absolute Gasteiger partial charge is 0.251 e. The average molecular weight is 303 g/mol. The first-order valence-electron chi connectivity index (χ1n) is 7.69. The maximum Gasteiger partial charge on any atom is 0.251 e. The van der Waals surface area contributed by atoms with Gasteiger partial charge in [-0.3, -0.25) is 14.5 Å². The third-order valence-corrected chi connectivity index (χ3v) is 4.25. The van der Waals surface area contributed by atoms with E-state index in [0.717, 1.165) is 43.7 Å². The molecule has 2 amide bonds. The van der Waals surface area contributed by atoms with Crippen LogP contribution in [0.4, 0.5) is 0 Å². The Hall–Kier alpha value is -2.08. The van der Waals surface area contributed by atoms with E-state index in [1.807, 2.05) is 23.1 Å². The van der Waals surface area contributed by atoms with Crippen molar-refractivity contribution in [3.05, 3.63) is 29.3 Å². The third kappa shape index (κ3) is 3.39. The zero-order valence-electron chi connectivity index (χ0n) is 12.5.